The molecule has 1 unspecified atom stereocenters. The van der Waals surface area contributed by atoms with Crippen LogP contribution in [0.3, 0.4) is 0 Å². The van der Waals surface area contributed by atoms with Crippen molar-refractivity contribution in [3.8, 4) is 11.5 Å². The number of nitrogens with one attached hydrogen (secondary N) is 1. The summed E-state index contributed by atoms with van der Waals surface area (Å²) in [5, 5.41) is 13.8. The van der Waals surface area contributed by atoms with E-state index in [1.807, 2.05) is 0 Å². The lowest BCUT2D eigenvalue weighted by atomic mass is 10.1. The van der Waals surface area contributed by atoms with Crippen LogP contribution in [-0.4, -0.2) is 44.6 Å². The average Bonchev–Trinajstić information content (AvgIpc) is 2.65. The van der Waals surface area contributed by atoms with E-state index in [-0.39, 0.29) is 5.75 Å². The third kappa shape index (κ3) is 5.01. The summed E-state index contributed by atoms with van der Waals surface area (Å²) in [4.78, 5) is 12.5. The number of hydrogen-bond donors (Lipinski definition) is 2. The standard InChI is InChI=1S/C19H23N3O5S/c1-13(17-7-5-6-8-18(17)23)20-21-19(24)14(2)22(28(4,25)26)15-9-11-16(27-3)12-10-15/h5-12,14,23H,1-4H3,(H,21,24)/b20-13+. The van der Waals surface area contributed by atoms with E-state index < -0.39 is 22.0 Å². The summed E-state index contributed by atoms with van der Waals surface area (Å²) in [5.74, 6) is -0.0183. The second kappa shape index (κ2) is 8.75. The lowest BCUT2D eigenvalue weighted by molar-refractivity contribution is -0.121. The van der Waals surface area contributed by atoms with Crippen LogP contribution in [0.25, 0.3) is 0 Å². The molecule has 0 spiro atoms. The van der Waals surface area contributed by atoms with Crippen molar-refractivity contribution in [1.29, 1.82) is 0 Å². The van der Waals surface area contributed by atoms with Gasteiger partial charge in [-0.2, -0.15) is 5.10 Å². The highest BCUT2D eigenvalue weighted by Crippen LogP contribution is 2.24. The summed E-state index contributed by atoms with van der Waals surface area (Å²) in [7, 11) is -2.23. The Morgan fingerprint density at radius 3 is 2.32 bits per heavy atom. The molecule has 8 nitrogen and oxygen atoms in total. The number of amides is 1. The number of rotatable bonds is 7. The number of carbonyl (C=O) groups is 1. The molecular weight excluding hydrogens is 382 g/mol. The molecule has 0 bridgehead atoms. The van der Waals surface area contributed by atoms with Crippen LogP contribution in [0.4, 0.5) is 5.69 Å². The lowest BCUT2D eigenvalue weighted by Gasteiger charge is -2.27. The van der Waals surface area contributed by atoms with Crippen LogP contribution < -0.4 is 14.5 Å². The highest BCUT2D eigenvalue weighted by atomic mass is 32.2. The van der Waals surface area contributed by atoms with Gasteiger partial charge < -0.3 is 9.84 Å². The maximum absolute atomic E-state index is 12.5. The molecule has 0 aliphatic heterocycles. The molecule has 0 radical (unpaired) electrons. The Bertz CT molecular complexity index is 971. The van der Waals surface area contributed by atoms with Gasteiger partial charge in [-0.05, 0) is 50.2 Å². The van der Waals surface area contributed by atoms with E-state index in [1.165, 1.54) is 20.1 Å². The van der Waals surface area contributed by atoms with Crippen molar-refractivity contribution in [2.24, 2.45) is 5.10 Å². The molecule has 9 heteroatoms. The first kappa shape index (κ1) is 21.2. The SMILES string of the molecule is COc1ccc(N(C(C)C(=O)N/N=C(\C)c2ccccc2O)S(C)(=O)=O)cc1. The summed E-state index contributed by atoms with van der Waals surface area (Å²) in [5.41, 5.74) is 3.53. The van der Waals surface area contributed by atoms with Crippen molar-refractivity contribution in [1.82, 2.24) is 5.43 Å². The first-order chi connectivity index (χ1) is 13.1. The summed E-state index contributed by atoms with van der Waals surface area (Å²) in [6, 6.07) is 11.8. The number of hydrazone groups is 1. The van der Waals surface area contributed by atoms with E-state index in [4.69, 9.17) is 4.74 Å². The fourth-order valence-corrected chi connectivity index (χ4v) is 3.78. The number of phenols is 1. The minimum Gasteiger partial charge on any atom is -0.507 e. The van der Waals surface area contributed by atoms with Crippen LogP contribution in [0.5, 0.6) is 11.5 Å². The first-order valence-corrected chi connectivity index (χ1v) is 10.3. The fraction of sp³-hybridized carbons (Fsp3) is 0.263. The Labute approximate surface area is 164 Å². The number of hydrogen-bond acceptors (Lipinski definition) is 6. The zero-order valence-corrected chi connectivity index (χ0v) is 16.9. The smallest absolute Gasteiger partial charge is 0.263 e. The molecule has 0 heterocycles. The minimum atomic E-state index is -3.74. The largest absolute Gasteiger partial charge is 0.507 e. The lowest BCUT2D eigenvalue weighted by Crippen LogP contribution is -2.46. The third-order valence-corrected chi connectivity index (χ3v) is 5.28. The fourth-order valence-electron chi connectivity index (χ4n) is 2.61. The van der Waals surface area contributed by atoms with Crippen LogP contribution in [-0.2, 0) is 14.8 Å². The van der Waals surface area contributed by atoms with Gasteiger partial charge in [-0.3, -0.25) is 9.10 Å². The van der Waals surface area contributed by atoms with Crippen molar-refractivity contribution in [2.75, 3.05) is 17.7 Å². The van der Waals surface area contributed by atoms with Crippen molar-refractivity contribution >= 4 is 27.3 Å². The summed E-state index contributed by atoms with van der Waals surface area (Å²) >= 11 is 0. The van der Waals surface area contributed by atoms with E-state index in [0.29, 0.717) is 22.7 Å². The maximum atomic E-state index is 12.5. The number of nitrogens with zero attached hydrogens (tertiary/aromatic N) is 2. The van der Waals surface area contributed by atoms with Gasteiger partial charge in [-0.25, -0.2) is 13.8 Å². The van der Waals surface area contributed by atoms with Crippen LogP contribution >= 0.6 is 0 Å². The number of ether oxygens (including phenoxy) is 1. The van der Waals surface area contributed by atoms with E-state index in [1.54, 1.807) is 49.4 Å². The molecule has 2 aromatic rings. The number of sulfonamides is 1. The second-order valence-electron chi connectivity index (χ2n) is 6.12. The number of anilines is 1. The molecule has 0 aromatic heterocycles. The number of methoxy groups -OCH3 is 1. The Hall–Kier alpha value is -3.07. The number of phenolic OH excluding ortho intramolecular Hbond substituents is 1. The quantitative estimate of drug-likeness (QED) is 0.542. The Balaban J connectivity index is 2.24. The van der Waals surface area contributed by atoms with Crippen LogP contribution in [0.1, 0.15) is 19.4 Å². The highest BCUT2D eigenvalue weighted by molar-refractivity contribution is 7.92. The zero-order chi connectivity index (χ0) is 20.9. The van der Waals surface area contributed by atoms with E-state index in [0.717, 1.165) is 10.6 Å². The highest BCUT2D eigenvalue weighted by Gasteiger charge is 2.29. The first-order valence-electron chi connectivity index (χ1n) is 8.41. The maximum Gasteiger partial charge on any atom is 0.263 e. The van der Waals surface area contributed by atoms with E-state index in [9.17, 15) is 18.3 Å². The number of aromatic hydroxyl groups is 1. The predicted octanol–water partition coefficient (Wildman–Crippen LogP) is 2.10. The summed E-state index contributed by atoms with van der Waals surface area (Å²) in [6.45, 7) is 3.09. The predicted molar refractivity (Wildman–Crippen MR) is 108 cm³/mol. The Morgan fingerprint density at radius 2 is 1.79 bits per heavy atom. The average molecular weight is 405 g/mol. The van der Waals surface area contributed by atoms with E-state index in [2.05, 4.69) is 10.5 Å². The van der Waals surface area contributed by atoms with Gasteiger partial charge in [0.05, 0.1) is 24.8 Å². The molecule has 28 heavy (non-hydrogen) atoms. The molecular formula is C19H23N3O5S. The number of benzene rings is 2. The molecule has 2 aromatic carbocycles. The van der Waals surface area contributed by atoms with Crippen molar-refractivity contribution in [3.05, 3.63) is 54.1 Å². The van der Waals surface area contributed by atoms with Gasteiger partial charge in [0, 0.05) is 5.56 Å². The molecule has 1 amide bonds. The van der Waals surface area contributed by atoms with Gasteiger partial charge in [0.1, 0.15) is 17.5 Å². The second-order valence-corrected chi connectivity index (χ2v) is 7.98. The van der Waals surface area contributed by atoms with Gasteiger partial charge >= 0.3 is 0 Å². The molecule has 2 N–H and O–H groups in total. The molecule has 0 aliphatic rings. The molecule has 0 saturated carbocycles. The van der Waals surface area contributed by atoms with Crippen molar-refractivity contribution in [3.63, 3.8) is 0 Å². The molecule has 0 fully saturated rings. The van der Waals surface area contributed by atoms with Crippen LogP contribution in [0.2, 0.25) is 0 Å². The van der Waals surface area contributed by atoms with E-state index >= 15 is 0 Å². The van der Waals surface area contributed by atoms with Gasteiger partial charge in [0.15, 0.2) is 0 Å². The molecule has 0 aliphatic carbocycles. The van der Waals surface area contributed by atoms with Gasteiger partial charge in [-0.1, -0.05) is 12.1 Å². The van der Waals surface area contributed by atoms with Gasteiger partial charge in [0.2, 0.25) is 10.0 Å². The summed E-state index contributed by atoms with van der Waals surface area (Å²) in [6.07, 6.45) is 1.03. The number of carbonyl (C=O) groups excluding carboxylic acids is 1. The Kier molecular flexibility index (Phi) is 6.63. The molecule has 1 atom stereocenters. The van der Waals surface area contributed by atoms with Gasteiger partial charge in [0.25, 0.3) is 5.91 Å². The van der Waals surface area contributed by atoms with Crippen molar-refractivity contribution < 1.29 is 23.1 Å². The Morgan fingerprint density at radius 1 is 1.18 bits per heavy atom. The van der Waals surface area contributed by atoms with Gasteiger partial charge in [-0.15, -0.1) is 0 Å². The normalized spacial score (nSPS) is 12.9. The monoisotopic (exact) mass is 405 g/mol. The van der Waals surface area contributed by atoms with Crippen LogP contribution in [0, 0.1) is 0 Å². The third-order valence-electron chi connectivity index (χ3n) is 4.04. The number of para-hydroxylation sites is 1. The molecule has 150 valence electrons. The topological polar surface area (TPSA) is 108 Å². The zero-order valence-electron chi connectivity index (χ0n) is 16.1. The minimum absolute atomic E-state index is 0.0297. The molecule has 2 rings (SSSR count). The van der Waals surface area contributed by atoms with Crippen LogP contribution in [0.15, 0.2) is 53.6 Å². The summed E-state index contributed by atoms with van der Waals surface area (Å²) < 4.78 is 30.6. The van der Waals surface area contributed by atoms with Crippen molar-refractivity contribution in [2.45, 2.75) is 19.9 Å². The molecule has 0 saturated heterocycles.